The molecule has 0 saturated heterocycles. The van der Waals surface area contributed by atoms with Gasteiger partial charge in [-0.2, -0.15) is 5.10 Å². The van der Waals surface area contributed by atoms with Crippen molar-refractivity contribution in [2.75, 3.05) is 5.73 Å². The monoisotopic (exact) mass is 276 g/mol. The smallest absolute Gasteiger partial charge is 0.356 e. The van der Waals surface area contributed by atoms with Crippen molar-refractivity contribution in [2.45, 2.75) is 13.8 Å². The Kier molecular flexibility index (Phi) is 3.15. The summed E-state index contributed by atoms with van der Waals surface area (Å²) in [5.74, 6) is -1.06. The standard InChI is InChI=1S/C12H12N4O4/c1-6-3-4-8(5-9(6)16(19)20)15-11(13)7(2)10(14-15)12(17)18/h3-5H,13H2,1-2H3,(H,17,18). The third kappa shape index (κ3) is 2.07. The molecule has 0 spiro atoms. The molecule has 0 amide bonds. The molecule has 0 aliphatic heterocycles. The van der Waals surface area contributed by atoms with E-state index in [9.17, 15) is 14.9 Å². The van der Waals surface area contributed by atoms with Crippen LogP contribution < -0.4 is 5.73 Å². The third-order valence-electron chi connectivity index (χ3n) is 3.00. The van der Waals surface area contributed by atoms with E-state index in [0.717, 1.165) is 0 Å². The summed E-state index contributed by atoms with van der Waals surface area (Å²) in [6.07, 6.45) is 0. The molecule has 0 aliphatic carbocycles. The molecule has 3 N–H and O–H groups in total. The van der Waals surface area contributed by atoms with Crippen molar-refractivity contribution in [3.63, 3.8) is 0 Å². The minimum Gasteiger partial charge on any atom is -0.476 e. The van der Waals surface area contributed by atoms with Crippen LogP contribution in [0.2, 0.25) is 0 Å². The van der Waals surface area contributed by atoms with Crippen LogP contribution >= 0.6 is 0 Å². The number of hydrogen-bond acceptors (Lipinski definition) is 5. The van der Waals surface area contributed by atoms with Crippen LogP contribution in [0.3, 0.4) is 0 Å². The highest BCUT2D eigenvalue weighted by Gasteiger charge is 2.20. The Balaban J connectivity index is 2.63. The molecule has 2 rings (SSSR count). The highest BCUT2D eigenvalue weighted by molar-refractivity contribution is 5.88. The van der Waals surface area contributed by atoms with Crippen molar-refractivity contribution in [3.05, 3.63) is 45.1 Å². The van der Waals surface area contributed by atoms with E-state index in [1.54, 1.807) is 19.1 Å². The molecule has 0 fully saturated rings. The van der Waals surface area contributed by atoms with Crippen molar-refractivity contribution in [2.24, 2.45) is 0 Å². The molecule has 1 aromatic carbocycles. The number of hydrogen-bond donors (Lipinski definition) is 2. The van der Waals surface area contributed by atoms with E-state index in [-0.39, 0.29) is 17.2 Å². The number of benzene rings is 1. The third-order valence-corrected chi connectivity index (χ3v) is 3.00. The van der Waals surface area contributed by atoms with E-state index in [4.69, 9.17) is 10.8 Å². The van der Waals surface area contributed by atoms with Crippen molar-refractivity contribution < 1.29 is 14.8 Å². The molecule has 0 radical (unpaired) electrons. The number of nitro benzene ring substituents is 1. The summed E-state index contributed by atoms with van der Waals surface area (Å²) >= 11 is 0. The number of nitro groups is 1. The SMILES string of the molecule is Cc1ccc(-n2nc(C(=O)O)c(C)c2N)cc1[N+](=O)[O-]. The average Bonchev–Trinajstić information content (AvgIpc) is 2.67. The first kappa shape index (κ1) is 13.5. The summed E-state index contributed by atoms with van der Waals surface area (Å²) in [5.41, 5.74) is 6.72. The molecule has 2 aromatic rings. The Morgan fingerprint density at radius 1 is 1.45 bits per heavy atom. The number of nitrogens with zero attached hydrogens (tertiary/aromatic N) is 3. The molecule has 0 unspecified atom stereocenters. The molecular weight excluding hydrogens is 264 g/mol. The number of anilines is 1. The van der Waals surface area contributed by atoms with Crippen LogP contribution in [-0.2, 0) is 0 Å². The number of nitrogens with two attached hydrogens (primary N) is 1. The van der Waals surface area contributed by atoms with Gasteiger partial charge in [-0.15, -0.1) is 0 Å². The van der Waals surface area contributed by atoms with Crippen LogP contribution in [0.1, 0.15) is 21.6 Å². The largest absolute Gasteiger partial charge is 0.476 e. The van der Waals surface area contributed by atoms with Crippen molar-refractivity contribution in [1.29, 1.82) is 0 Å². The molecule has 0 saturated carbocycles. The predicted molar refractivity (Wildman–Crippen MR) is 71.1 cm³/mol. The lowest BCUT2D eigenvalue weighted by atomic mass is 10.2. The molecule has 1 heterocycles. The molecular formula is C12H12N4O4. The van der Waals surface area contributed by atoms with Gasteiger partial charge in [0.05, 0.1) is 10.6 Å². The normalized spacial score (nSPS) is 10.5. The number of carboxylic acid groups (broad SMARTS) is 1. The topological polar surface area (TPSA) is 124 Å². The first-order valence-electron chi connectivity index (χ1n) is 5.66. The number of nitrogen functional groups attached to an aromatic ring is 1. The molecule has 0 atom stereocenters. The number of aromatic nitrogens is 2. The average molecular weight is 276 g/mol. The van der Waals surface area contributed by atoms with E-state index in [0.29, 0.717) is 16.8 Å². The highest BCUT2D eigenvalue weighted by Crippen LogP contribution is 2.25. The van der Waals surface area contributed by atoms with Crippen LogP contribution in [0.4, 0.5) is 11.5 Å². The Labute approximate surface area is 113 Å². The van der Waals surface area contributed by atoms with Crippen LogP contribution in [0.25, 0.3) is 5.69 Å². The molecule has 8 heteroatoms. The van der Waals surface area contributed by atoms with Gasteiger partial charge in [0.15, 0.2) is 5.69 Å². The lowest BCUT2D eigenvalue weighted by molar-refractivity contribution is -0.385. The van der Waals surface area contributed by atoms with E-state index < -0.39 is 10.9 Å². The van der Waals surface area contributed by atoms with Gasteiger partial charge in [0.2, 0.25) is 0 Å². The van der Waals surface area contributed by atoms with Gasteiger partial charge in [-0.3, -0.25) is 10.1 Å². The number of carboxylic acids is 1. The van der Waals surface area contributed by atoms with Crippen LogP contribution in [-0.4, -0.2) is 25.8 Å². The predicted octanol–water partition coefficient (Wildman–Crippen LogP) is 1.68. The van der Waals surface area contributed by atoms with Gasteiger partial charge in [0.25, 0.3) is 5.69 Å². The van der Waals surface area contributed by atoms with Gasteiger partial charge in [-0.25, -0.2) is 9.48 Å². The van der Waals surface area contributed by atoms with E-state index in [2.05, 4.69) is 5.10 Å². The van der Waals surface area contributed by atoms with Gasteiger partial charge in [0.1, 0.15) is 5.82 Å². The van der Waals surface area contributed by atoms with Crippen LogP contribution in [0, 0.1) is 24.0 Å². The van der Waals surface area contributed by atoms with E-state index in [1.807, 2.05) is 0 Å². The summed E-state index contributed by atoms with van der Waals surface area (Å²) in [6.45, 7) is 3.15. The first-order chi connectivity index (χ1) is 9.32. The summed E-state index contributed by atoms with van der Waals surface area (Å²) in [4.78, 5) is 21.4. The zero-order valence-corrected chi connectivity index (χ0v) is 10.8. The van der Waals surface area contributed by atoms with Crippen molar-refractivity contribution in [1.82, 2.24) is 9.78 Å². The zero-order chi connectivity index (χ0) is 15.0. The van der Waals surface area contributed by atoms with E-state index in [1.165, 1.54) is 17.7 Å². The van der Waals surface area contributed by atoms with Crippen LogP contribution in [0.15, 0.2) is 18.2 Å². The summed E-state index contributed by atoms with van der Waals surface area (Å²) in [5, 5.41) is 23.8. The fourth-order valence-electron chi connectivity index (χ4n) is 1.84. The maximum Gasteiger partial charge on any atom is 0.356 e. The van der Waals surface area contributed by atoms with Gasteiger partial charge in [-0.05, 0) is 19.9 Å². The maximum atomic E-state index is 11.0. The van der Waals surface area contributed by atoms with Gasteiger partial charge >= 0.3 is 5.97 Å². The molecule has 1 aromatic heterocycles. The molecule has 0 bridgehead atoms. The fourth-order valence-corrected chi connectivity index (χ4v) is 1.84. The van der Waals surface area contributed by atoms with Crippen molar-refractivity contribution >= 4 is 17.5 Å². The van der Waals surface area contributed by atoms with Gasteiger partial charge < -0.3 is 10.8 Å². The lowest BCUT2D eigenvalue weighted by Crippen LogP contribution is -2.04. The Bertz CT molecular complexity index is 720. The zero-order valence-electron chi connectivity index (χ0n) is 10.8. The van der Waals surface area contributed by atoms with E-state index >= 15 is 0 Å². The number of carbonyl (C=O) groups is 1. The summed E-state index contributed by atoms with van der Waals surface area (Å²) in [7, 11) is 0. The molecule has 8 nitrogen and oxygen atoms in total. The van der Waals surface area contributed by atoms with Gasteiger partial charge in [0, 0.05) is 17.2 Å². The first-order valence-corrected chi connectivity index (χ1v) is 5.66. The number of aryl methyl sites for hydroxylation is 1. The quantitative estimate of drug-likeness (QED) is 0.649. The molecule has 20 heavy (non-hydrogen) atoms. The maximum absolute atomic E-state index is 11.0. The molecule has 104 valence electrons. The van der Waals surface area contributed by atoms with Crippen LogP contribution in [0.5, 0.6) is 0 Å². The Hall–Kier alpha value is -2.90. The fraction of sp³-hybridized carbons (Fsp3) is 0.167. The number of aromatic carboxylic acids is 1. The highest BCUT2D eigenvalue weighted by atomic mass is 16.6. The van der Waals surface area contributed by atoms with Crippen molar-refractivity contribution in [3.8, 4) is 5.69 Å². The minimum atomic E-state index is -1.20. The lowest BCUT2D eigenvalue weighted by Gasteiger charge is -2.05. The molecule has 0 aliphatic rings. The Morgan fingerprint density at radius 3 is 2.60 bits per heavy atom. The summed E-state index contributed by atoms with van der Waals surface area (Å²) < 4.78 is 1.19. The second kappa shape index (κ2) is 4.65. The minimum absolute atomic E-state index is 0.0769. The number of rotatable bonds is 3. The second-order valence-electron chi connectivity index (χ2n) is 4.30. The Morgan fingerprint density at radius 2 is 2.10 bits per heavy atom. The summed E-state index contributed by atoms with van der Waals surface area (Å²) in [6, 6.07) is 4.46. The van der Waals surface area contributed by atoms with Gasteiger partial charge in [-0.1, -0.05) is 6.07 Å². The second-order valence-corrected chi connectivity index (χ2v) is 4.30.